The van der Waals surface area contributed by atoms with Crippen LogP contribution in [0.5, 0.6) is 0 Å². The molecule has 1 heterocycles. The zero-order valence-corrected chi connectivity index (χ0v) is 19.0. The molecule has 166 valence electrons. The molecule has 2 amide bonds. The minimum Gasteiger partial charge on any atom is -0.444 e. The minimum atomic E-state index is -0.522. The van der Waals surface area contributed by atoms with Crippen LogP contribution in [0.3, 0.4) is 0 Å². The maximum Gasteiger partial charge on any atom is 0.407 e. The van der Waals surface area contributed by atoms with E-state index >= 15 is 0 Å². The number of hydrogen-bond donors (Lipinski definition) is 2. The molecule has 0 unspecified atom stereocenters. The van der Waals surface area contributed by atoms with E-state index in [2.05, 4.69) is 36.5 Å². The molecule has 31 heavy (non-hydrogen) atoms. The first-order chi connectivity index (χ1) is 14.7. The lowest BCUT2D eigenvalue weighted by Gasteiger charge is -2.32. The number of quaternary nitrogens is 1. The molecule has 2 aromatic rings. The monoisotopic (exact) mass is 424 g/mol. The normalized spacial score (nSPS) is 14.9. The van der Waals surface area contributed by atoms with Crippen molar-refractivity contribution in [3.05, 3.63) is 70.8 Å². The zero-order valence-electron chi connectivity index (χ0n) is 19.0. The number of piperazine rings is 1. The first-order valence-corrected chi connectivity index (χ1v) is 10.9. The number of aryl methyl sites for hydroxylation is 1. The summed E-state index contributed by atoms with van der Waals surface area (Å²) in [6, 6.07) is 15.9. The summed E-state index contributed by atoms with van der Waals surface area (Å²) >= 11 is 0. The number of nitrogens with zero attached hydrogens (tertiary/aromatic N) is 1. The third kappa shape index (κ3) is 6.82. The lowest BCUT2D eigenvalue weighted by atomic mass is 10.1. The molecule has 1 saturated heterocycles. The highest BCUT2D eigenvalue weighted by molar-refractivity contribution is 5.94. The number of benzene rings is 2. The predicted molar refractivity (Wildman–Crippen MR) is 121 cm³/mol. The Morgan fingerprint density at radius 1 is 1.03 bits per heavy atom. The highest BCUT2D eigenvalue weighted by Gasteiger charge is 2.25. The van der Waals surface area contributed by atoms with E-state index in [-0.39, 0.29) is 5.91 Å². The van der Waals surface area contributed by atoms with Crippen LogP contribution in [0.2, 0.25) is 0 Å². The molecule has 2 N–H and O–H groups in total. The van der Waals surface area contributed by atoms with E-state index in [1.807, 2.05) is 49.9 Å². The average Bonchev–Trinajstić information content (AvgIpc) is 2.73. The van der Waals surface area contributed by atoms with Crippen LogP contribution in [0.4, 0.5) is 4.79 Å². The Bertz CT molecular complexity index is 895. The highest BCUT2D eigenvalue weighted by atomic mass is 16.6. The van der Waals surface area contributed by atoms with E-state index in [0.717, 1.165) is 38.3 Å². The van der Waals surface area contributed by atoms with Crippen molar-refractivity contribution in [1.29, 1.82) is 0 Å². The van der Waals surface area contributed by atoms with Crippen molar-refractivity contribution in [2.45, 2.75) is 46.4 Å². The van der Waals surface area contributed by atoms with E-state index < -0.39 is 11.7 Å². The molecule has 0 aromatic heterocycles. The summed E-state index contributed by atoms with van der Waals surface area (Å²) in [4.78, 5) is 28.1. The Morgan fingerprint density at radius 2 is 1.68 bits per heavy atom. The van der Waals surface area contributed by atoms with Crippen molar-refractivity contribution in [3.8, 4) is 0 Å². The van der Waals surface area contributed by atoms with Gasteiger partial charge in [0.25, 0.3) is 5.91 Å². The standard InChI is InChI=1S/C25H33N3O3/c1-19-7-5-6-8-22(19)18-27-13-15-28(16-14-27)23(29)21-11-9-20(10-12-21)17-26-24(30)31-25(2,3)4/h5-12H,13-18H2,1-4H3,(H,26,30)/p+1. The van der Waals surface area contributed by atoms with Crippen molar-refractivity contribution < 1.29 is 19.2 Å². The molecule has 0 saturated carbocycles. The maximum atomic E-state index is 12.9. The maximum absolute atomic E-state index is 12.9. The van der Waals surface area contributed by atoms with E-state index in [1.165, 1.54) is 16.0 Å². The van der Waals surface area contributed by atoms with E-state index in [0.29, 0.717) is 12.1 Å². The molecule has 1 fully saturated rings. The zero-order chi connectivity index (χ0) is 22.4. The second kappa shape index (κ2) is 9.96. The third-order valence-electron chi connectivity index (χ3n) is 5.50. The van der Waals surface area contributed by atoms with Gasteiger partial charge < -0.3 is 19.9 Å². The Kier molecular flexibility index (Phi) is 7.33. The van der Waals surface area contributed by atoms with Crippen molar-refractivity contribution in [3.63, 3.8) is 0 Å². The second-order valence-corrected chi connectivity index (χ2v) is 9.20. The molecular formula is C25H34N3O3+. The number of ether oxygens (including phenoxy) is 1. The van der Waals surface area contributed by atoms with Gasteiger partial charge in [-0.25, -0.2) is 4.79 Å². The van der Waals surface area contributed by atoms with Crippen LogP contribution in [0, 0.1) is 6.92 Å². The summed E-state index contributed by atoms with van der Waals surface area (Å²) < 4.78 is 5.24. The summed E-state index contributed by atoms with van der Waals surface area (Å²) in [5.41, 5.74) is 3.80. The molecule has 0 atom stereocenters. The van der Waals surface area contributed by atoms with Gasteiger partial charge in [0.05, 0.1) is 26.2 Å². The topological polar surface area (TPSA) is 63.1 Å². The van der Waals surface area contributed by atoms with Gasteiger partial charge in [-0.2, -0.15) is 0 Å². The number of carbonyl (C=O) groups is 2. The highest BCUT2D eigenvalue weighted by Crippen LogP contribution is 2.10. The number of alkyl carbamates (subject to hydrolysis) is 1. The first kappa shape index (κ1) is 22.8. The molecule has 1 aliphatic rings. The van der Waals surface area contributed by atoms with Crippen molar-refractivity contribution >= 4 is 12.0 Å². The van der Waals surface area contributed by atoms with Crippen LogP contribution in [0.15, 0.2) is 48.5 Å². The summed E-state index contributed by atoms with van der Waals surface area (Å²) in [6.07, 6.45) is -0.446. The van der Waals surface area contributed by atoms with Crippen molar-refractivity contribution in [2.24, 2.45) is 0 Å². The predicted octanol–water partition coefficient (Wildman–Crippen LogP) is 2.56. The lowest BCUT2D eigenvalue weighted by Crippen LogP contribution is -3.13. The van der Waals surface area contributed by atoms with Gasteiger partial charge in [-0.3, -0.25) is 4.79 Å². The van der Waals surface area contributed by atoms with Gasteiger partial charge in [-0.15, -0.1) is 0 Å². The SMILES string of the molecule is Cc1ccccc1C[NH+]1CCN(C(=O)c2ccc(CNC(=O)OC(C)(C)C)cc2)CC1. The van der Waals surface area contributed by atoms with Gasteiger partial charge in [-0.1, -0.05) is 36.4 Å². The molecule has 6 nitrogen and oxygen atoms in total. The molecule has 1 aliphatic heterocycles. The van der Waals surface area contributed by atoms with Crippen molar-refractivity contribution in [2.75, 3.05) is 26.2 Å². The van der Waals surface area contributed by atoms with Gasteiger partial charge in [-0.05, 0) is 51.0 Å². The molecule has 0 aliphatic carbocycles. The third-order valence-corrected chi connectivity index (χ3v) is 5.50. The Morgan fingerprint density at radius 3 is 2.29 bits per heavy atom. The summed E-state index contributed by atoms with van der Waals surface area (Å²) in [5.74, 6) is 0.0709. The smallest absolute Gasteiger partial charge is 0.407 e. The van der Waals surface area contributed by atoms with Crippen LogP contribution >= 0.6 is 0 Å². The molecular weight excluding hydrogens is 390 g/mol. The van der Waals surface area contributed by atoms with E-state index in [4.69, 9.17) is 4.74 Å². The van der Waals surface area contributed by atoms with Gasteiger partial charge in [0.2, 0.25) is 0 Å². The fourth-order valence-electron chi connectivity index (χ4n) is 3.72. The summed E-state index contributed by atoms with van der Waals surface area (Å²) in [6.45, 7) is 12.5. The minimum absolute atomic E-state index is 0.0709. The van der Waals surface area contributed by atoms with E-state index in [9.17, 15) is 9.59 Å². The van der Waals surface area contributed by atoms with E-state index in [1.54, 1.807) is 0 Å². The Hall–Kier alpha value is -2.86. The van der Waals surface area contributed by atoms with Gasteiger partial charge in [0.15, 0.2) is 0 Å². The van der Waals surface area contributed by atoms with Crippen LogP contribution in [-0.2, 0) is 17.8 Å². The summed E-state index contributed by atoms with van der Waals surface area (Å²) in [7, 11) is 0. The number of rotatable bonds is 5. The number of amides is 2. The molecule has 0 radical (unpaired) electrons. The quantitative estimate of drug-likeness (QED) is 0.776. The lowest BCUT2D eigenvalue weighted by molar-refractivity contribution is -0.917. The Balaban J connectivity index is 1.47. The fraction of sp³-hybridized carbons (Fsp3) is 0.440. The fourth-order valence-corrected chi connectivity index (χ4v) is 3.72. The Labute approximate surface area is 185 Å². The van der Waals surface area contributed by atoms with Crippen LogP contribution in [0.25, 0.3) is 0 Å². The largest absolute Gasteiger partial charge is 0.444 e. The molecule has 2 aromatic carbocycles. The average molecular weight is 425 g/mol. The first-order valence-electron chi connectivity index (χ1n) is 10.9. The van der Waals surface area contributed by atoms with Crippen LogP contribution < -0.4 is 10.2 Å². The molecule has 0 bridgehead atoms. The number of nitrogens with one attached hydrogen (secondary N) is 2. The molecule has 3 rings (SSSR count). The van der Waals surface area contributed by atoms with Crippen LogP contribution in [-0.4, -0.2) is 48.7 Å². The molecule has 0 spiro atoms. The molecule has 6 heteroatoms. The summed E-state index contributed by atoms with van der Waals surface area (Å²) in [5, 5.41) is 2.74. The van der Waals surface area contributed by atoms with Gasteiger partial charge in [0.1, 0.15) is 12.1 Å². The number of carbonyl (C=O) groups excluding carboxylic acids is 2. The van der Waals surface area contributed by atoms with Crippen molar-refractivity contribution in [1.82, 2.24) is 10.2 Å². The second-order valence-electron chi connectivity index (χ2n) is 9.20. The number of hydrogen-bond acceptors (Lipinski definition) is 3. The van der Waals surface area contributed by atoms with Gasteiger partial charge >= 0.3 is 6.09 Å². The van der Waals surface area contributed by atoms with Gasteiger partial charge in [0, 0.05) is 17.7 Å². The van der Waals surface area contributed by atoms with Crippen LogP contribution in [0.1, 0.15) is 47.8 Å².